The summed E-state index contributed by atoms with van der Waals surface area (Å²) in [6.45, 7) is 0. The number of methoxy groups -OCH3 is 1. The average Bonchev–Trinajstić information content (AvgIpc) is 2.68. The molecule has 26 heavy (non-hydrogen) atoms. The SMILES string of the molecule is COC(=O)c1c(F)ccc(NC(c2ccccc2)c2ccccc2)c1F. The van der Waals surface area contributed by atoms with E-state index in [1.54, 1.807) is 0 Å². The Morgan fingerprint density at radius 3 is 1.92 bits per heavy atom. The fourth-order valence-electron chi connectivity index (χ4n) is 2.76. The fraction of sp³-hybridized carbons (Fsp3) is 0.0952. The van der Waals surface area contributed by atoms with Gasteiger partial charge in [0.2, 0.25) is 0 Å². The first kappa shape index (κ1) is 17.6. The van der Waals surface area contributed by atoms with Crippen LogP contribution in [0.15, 0.2) is 72.8 Å². The van der Waals surface area contributed by atoms with E-state index < -0.39 is 23.2 Å². The molecule has 1 N–H and O–H groups in total. The van der Waals surface area contributed by atoms with E-state index in [0.717, 1.165) is 24.3 Å². The smallest absolute Gasteiger partial charge is 0.343 e. The highest BCUT2D eigenvalue weighted by Crippen LogP contribution is 2.30. The van der Waals surface area contributed by atoms with Gasteiger partial charge in [-0.05, 0) is 23.3 Å². The second-order valence-electron chi connectivity index (χ2n) is 5.67. The summed E-state index contributed by atoms with van der Waals surface area (Å²) >= 11 is 0. The summed E-state index contributed by atoms with van der Waals surface area (Å²) in [6.07, 6.45) is 0. The standard InChI is InChI=1S/C21H17F2NO2/c1-26-21(25)18-16(22)12-13-17(19(18)23)24-20(14-8-4-2-5-9-14)15-10-6-3-7-11-15/h2-13,20,24H,1H3. The van der Waals surface area contributed by atoms with Crippen molar-refractivity contribution in [2.75, 3.05) is 12.4 Å². The first-order valence-corrected chi connectivity index (χ1v) is 8.04. The molecule has 0 saturated heterocycles. The molecule has 0 bridgehead atoms. The molecule has 0 aliphatic heterocycles. The Morgan fingerprint density at radius 2 is 1.42 bits per heavy atom. The predicted octanol–water partition coefficient (Wildman–Crippen LogP) is 4.95. The number of ether oxygens (including phenoxy) is 1. The van der Waals surface area contributed by atoms with Crippen molar-refractivity contribution < 1.29 is 18.3 Å². The van der Waals surface area contributed by atoms with Gasteiger partial charge in [0, 0.05) is 0 Å². The summed E-state index contributed by atoms with van der Waals surface area (Å²) in [5.74, 6) is -3.00. The van der Waals surface area contributed by atoms with Gasteiger partial charge < -0.3 is 10.1 Å². The van der Waals surface area contributed by atoms with Gasteiger partial charge in [-0.15, -0.1) is 0 Å². The molecule has 3 aromatic rings. The quantitative estimate of drug-likeness (QED) is 0.660. The van der Waals surface area contributed by atoms with Crippen LogP contribution in [-0.4, -0.2) is 13.1 Å². The minimum Gasteiger partial charge on any atom is -0.465 e. The molecular formula is C21H17F2NO2. The lowest BCUT2D eigenvalue weighted by Gasteiger charge is -2.22. The van der Waals surface area contributed by atoms with E-state index in [-0.39, 0.29) is 11.7 Å². The maximum absolute atomic E-state index is 14.8. The second kappa shape index (κ2) is 7.78. The number of halogens is 2. The van der Waals surface area contributed by atoms with Gasteiger partial charge in [-0.2, -0.15) is 0 Å². The van der Waals surface area contributed by atoms with Gasteiger partial charge in [-0.1, -0.05) is 60.7 Å². The van der Waals surface area contributed by atoms with Crippen molar-refractivity contribution in [2.45, 2.75) is 6.04 Å². The Labute approximate surface area is 150 Å². The zero-order chi connectivity index (χ0) is 18.5. The van der Waals surface area contributed by atoms with E-state index in [1.807, 2.05) is 60.7 Å². The lowest BCUT2D eigenvalue weighted by molar-refractivity contribution is 0.0590. The monoisotopic (exact) mass is 353 g/mol. The van der Waals surface area contributed by atoms with E-state index in [4.69, 9.17) is 0 Å². The van der Waals surface area contributed by atoms with Crippen LogP contribution in [0.3, 0.4) is 0 Å². The van der Waals surface area contributed by atoms with Gasteiger partial charge in [0.05, 0.1) is 18.8 Å². The molecular weight excluding hydrogens is 336 g/mol. The Kier molecular flexibility index (Phi) is 5.27. The molecule has 3 aromatic carbocycles. The summed E-state index contributed by atoms with van der Waals surface area (Å²) in [4.78, 5) is 11.7. The molecule has 132 valence electrons. The molecule has 0 atom stereocenters. The third-order valence-corrected chi connectivity index (χ3v) is 4.05. The summed E-state index contributed by atoms with van der Waals surface area (Å²) in [7, 11) is 1.08. The van der Waals surface area contributed by atoms with Gasteiger partial charge >= 0.3 is 5.97 Å². The number of carbonyl (C=O) groups is 1. The van der Waals surface area contributed by atoms with Crippen molar-refractivity contribution in [3.8, 4) is 0 Å². The molecule has 0 spiro atoms. The zero-order valence-corrected chi connectivity index (χ0v) is 14.1. The third kappa shape index (κ3) is 3.57. The molecule has 0 radical (unpaired) electrons. The van der Waals surface area contributed by atoms with E-state index in [1.165, 1.54) is 6.07 Å². The van der Waals surface area contributed by atoms with Crippen LogP contribution in [0, 0.1) is 11.6 Å². The maximum Gasteiger partial charge on any atom is 0.343 e. The lowest BCUT2D eigenvalue weighted by Crippen LogP contribution is -2.16. The number of rotatable bonds is 5. The Hall–Kier alpha value is -3.21. The average molecular weight is 353 g/mol. The van der Waals surface area contributed by atoms with Crippen LogP contribution in [0.1, 0.15) is 27.5 Å². The maximum atomic E-state index is 14.8. The molecule has 0 unspecified atom stereocenters. The van der Waals surface area contributed by atoms with Gasteiger partial charge in [-0.3, -0.25) is 0 Å². The molecule has 0 aromatic heterocycles. The highest BCUT2D eigenvalue weighted by molar-refractivity contribution is 5.91. The number of anilines is 1. The highest BCUT2D eigenvalue weighted by atomic mass is 19.1. The van der Waals surface area contributed by atoms with E-state index in [9.17, 15) is 13.6 Å². The largest absolute Gasteiger partial charge is 0.465 e. The van der Waals surface area contributed by atoms with E-state index in [2.05, 4.69) is 10.1 Å². The second-order valence-corrected chi connectivity index (χ2v) is 5.67. The van der Waals surface area contributed by atoms with Crippen LogP contribution in [0.25, 0.3) is 0 Å². The molecule has 3 rings (SSSR count). The highest BCUT2D eigenvalue weighted by Gasteiger charge is 2.23. The molecule has 0 fully saturated rings. The number of benzene rings is 3. The van der Waals surface area contributed by atoms with Gasteiger partial charge in [-0.25, -0.2) is 13.6 Å². The van der Waals surface area contributed by atoms with Gasteiger partial charge in [0.25, 0.3) is 0 Å². The van der Waals surface area contributed by atoms with Crippen molar-refractivity contribution in [2.24, 2.45) is 0 Å². The summed E-state index contributed by atoms with van der Waals surface area (Å²) in [6, 6.07) is 20.9. The first-order chi connectivity index (χ1) is 12.6. The van der Waals surface area contributed by atoms with Gasteiger partial charge in [0.1, 0.15) is 11.4 Å². The normalized spacial score (nSPS) is 10.6. The van der Waals surface area contributed by atoms with Crippen LogP contribution in [-0.2, 0) is 4.74 Å². The lowest BCUT2D eigenvalue weighted by atomic mass is 9.98. The minimum absolute atomic E-state index is 0.0181. The molecule has 3 nitrogen and oxygen atoms in total. The number of hydrogen-bond acceptors (Lipinski definition) is 3. The van der Waals surface area contributed by atoms with Crippen molar-refractivity contribution in [1.29, 1.82) is 0 Å². The molecule has 0 aliphatic rings. The topological polar surface area (TPSA) is 38.3 Å². The van der Waals surface area contributed by atoms with Crippen LogP contribution >= 0.6 is 0 Å². The van der Waals surface area contributed by atoms with Crippen LogP contribution in [0.2, 0.25) is 0 Å². The number of esters is 1. The van der Waals surface area contributed by atoms with Crippen LogP contribution < -0.4 is 5.32 Å². The van der Waals surface area contributed by atoms with Gasteiger partial charge in [0.15, 0.2) is 5.82 Å². The number of hydrogen-bond donors (Lipinski definition) is 1. The van der Waals surface area contributed by atoms with Crippen LogP contribution in [0.5, 0.6) is 0 Å². The fourth-order valence-corrected chi connectivity index (χ4v) is 2.76. The van der Waals surface area contributed by atoms with E-state index in [0.29, 0.717) is 0 Å². The molecule has 0 saturated carbocycles. The van der Waals surface area contributed by atoms with Crippen molar-refractivity contribution in [3.63, 3.8) is 0 Å². The minimum atomic E-state index is -1.06. The molecule has 0 aliphatic carbocycles. The van der Waals surface area contributed by atoms with Crippen LogP contribution in [0.4, 0.5) is 14.5 Å². The van der Waals surface area contributed by atoms with E-state index >= 15 is 0 Å². The summed E-state index contributed by atoms with van der Waals surface area (Å²) < 4.78 is 33.1. The Balaban J connectivity index is 2.05. The summed E-state index contributed by atoms with van der Waals surface area (Å²) in [5, 5.41) is 3.08. The number of carbonyl (C=O) groups excluding carboxylic acids is 1. The molecule has 5 heteroatoms. The number of nitrogens with one attached hydrogen (secondary N) is 1. The zero-order valence-electron chi connectivity index (χ0n) is 14.1. The third-order valence-electron chi connectivity index (χ3n) is 4.05. The molecule has 0 heterocycles. The Bertz CT molecular complexity index is 859. The predicted molar refractivity (Wildman–Crippen MR) is 96.0 cm³/mol. The Morgan fingerprint density at radius 1 is 0.885 bits per heavy atom. The van der Waals surface area contributed by atoms with Crippen molar-refractivity contribution >= 4 is 11.7 Å². The van der Waals surface area contributed by atoms with Crippen molar-refractivity contribution in [3.05, 3.63) is 101 Å². The molecule has 0 amide bonds. The van der Waals surface area contributed by atoms with Crippen molar-refractivity contribution in [1.82, 2.24) is 0 Å². The summed E-state index contributed by atoms with van der Waals surface area (Å²) in [5.41, 5.74) is 1.12. The first-order valence-electron chi connectivity index (χ1n) is 8.04.